The van der Waals surface area contributed by atoms with Gasteiger partial charge in [0.05, 0.1) is 6.61 Å². The Hall–Kier alpha value is -2.86. The summed E-state index contributed by atoms with van der Waals surface area (Å²) in [7, 11) is 1.68. The summed E-state index contributed by atoms with van der Waals surface area (Å²) in [5.74, 6) is 0.837. The highest BCUT2D eigenvalue weighted by Crippen LogP contribution is 2.51. The molecular weight excluding hydrogens is 378 g/mol. The van der Waals surface area contributed by atoms with Crippen LogP contribution in [0.2, 0.25) is 0 Å². The van der Waals surface area contributed by atoms with Crippen LogP contribution in [-0.2, 0) is 15.1 Å². The third-order valence-electron chi connectivity index (χ3n) is 6.48. The first-order chi connectivity index (χ1) is 14.3. The van der Waals surface area contributed by atoms with Gasteiger partial charge in [0, 0.05) is 25.6 Å². The van der Waals surface area contributed by atoms with Gasteiger partial charge in [-0.25, -0.2) is 4.99 Å². The molecule has 2 spiro atoms. The molecule has 2 aromatic carbocycles. The molecule has 30 heavy (non-hydrogen) atoms. The van der Waals surface area contributed by atoms with Crippen LogP contribution in [0.1, 0.15) is 36.0 Å². The second kappa shape index (κ2) is 6.57. The van der Waals surface area contributed by atoms with E-state index in [-0.39, 0.29) is 11.9 Å². The smallest absolute Gasteiger partial charge is 0.261 e. The van der Waals surface area contributed by atoms with Crippen LogP contribution in [0.25, 0.3) is 11.1 Å². The molecule has 2 aromatic rings. The van der Waals surface area contributed by atoms with Gasteiger partial charge in [-0.3, -0.25) is 9.69 Å². The zero-order chi connectivity index (χ0) is 21.1. The Bertz CT molecular complexity index is 1050. The molecule has 0 saturated carbocycles. The van der Waals surface area contributed by atoms with E-state index in [1.165, 1.54) is 16.0 Å². The van der Waals surface area contributed by atoms with E-state index in [9.17, 15) is 4.79 Å². The van der Waals surface area contributed by atoms with E-state index in [0.29, 0.717) is 18.8 Å². The van der Waals surface area contributed by atoms with E-state index < -0.39 is 11.1 Å². The van der Waals surface area contributed by atoms with E-state index in [1.54, 1.807) is 7.05 Å². The summed E-state index contributed by atoms with van der Waals surface area (Å²) in [4.78, 5) is 19.7. The Morgan fingerprint density at radius 1 is 1.10 bits per heavy atom. The van der Waals surface area contributed by atoms with Crippen molar-refractivity contribution in [2.24, 2.45) is 10.7 Å². The van der Waals surface area contributed by atoms with Gasteiger partial charge >= 0.3 is 0 Å². The highest BCUT2D eigenvalue weighted by atomic mass is 16.5. The van der Waals surface area contributed by atoms with Gasteiger partial charge in [0.2, 0.25) is 0 Å². The molecule has 6 nitrogen and oxygen atoms in total. The standard InChI is InChI=1S/C24H27N3O3/c1-15-9-16(2)11-18(10-15)17-5-6-20-19(12-17)24(21(28)27(3)22(25)26-24)13-23(30-20)7-4-8-29-14-23/h5-6,9-12H,4,7-8,13-14H2,1-3H3,(H2,25,26). The van der Waals surface area contributed by atoms with Gasteiger partial charge in [-0.2, -0.15) is 0 Å². The van der Waals surface area contributed by atoms with Gasteiger partial charge in [-0.15, -0.1) is 0 Å². The average Bonchev–Trinajstić information content (AvgIpc) is 2.91. The number of hydrogen-bond donors (Lipinski definition) is 1. The van der Waals surface area contributed by atoms with Gasteiger partial charge in [0.1, 0.15) is 11.4 Å². The number of hydrogen-bond acceptors (Lipinski definition) is 5. The van der Waals surface area contributed by atoms with E-state index in [2.05, 4.69) is 38.1 Å². The van der Waals surface area contributed by atoms with Gasteiger partial charge in [-0.1, -0.05) is 35.4 Å². The molecule has 156 valence electrons. The largest absolute Gasteiger partial charge is 0.484 e. The molecule has 0 aliphatic carbocycles. The molecule has 1 fully saturated rings. The molecule has 2 atom stereocenters. The lowest BCUT2D eigenvalue weighted by molar-refractivity contribution is -0.139. The summed E-state index contributed by atoms with van der Waals surface area (Å²) in [6.07, 6.45) is 2.17. The van der Waals surface area contributed by atoms with Crippen LogP contribution in [-0.4, -0.2) is 42.6 Å². The lowest BCUT2D eigenvalue weighted by Crippen LogP contribution is -2.55. The fraction of sp³-hybridized carbons (Fsp3) is 0.417. The highest BCUT2D eigenvalue weighted by molar-refractivity contribution is 6.07. The third kappa shape index (κ3) is 2.82. The van der Waals surface area contributed by atoms with Crippen molar-refractivity contribution in [2.75, 3.05) is 20.3 Å². The quantitative estimate of drug-likeness (QED) is 0.790. The van der Waals surface area contributed by atoms with Crippen molar-refractivity contribution < 1.29 is 14.3 Å². The van der Waals surface area contributed by atoms with Crippen molar-refractivity contribution >= 4 is 11.9 Å². The first-order valence-corrected chi connectivity index (χ1v) is 10.5. The highest BCUT2D eigenvalue weighted by Gasteiger charge is 2.58. The van der Waals surface area contributed by atoms with Gasteiger partial charge in [0.15, 0.2) is 11.5 Å². The van der Waals surface area contributed by atoms with Crippen LogP contribution in [0.3, 0.4) is 0 Å². The maximum Gasteiger partial charge on any atom is 0.261 e. The predicted molar refractivity (Wildman–Crippen MR) is 115 cm³/mol. The molecule has 6 heteroatoms. The Kier molecular flexibility index (Phi) is 4.19. The van der Waals surface area contributed by atoms with Crippen molar-refractivity contribution in [2.45, 2.75) is 44.2 Å². The van der Waals surface area contributed by atoms with Crippen LogP contribution in [0, 0.1) is 13.8 Å². The van der Waals surface area contributed by atoms with Gasteiger partial charge in [0.25, 0.3) is 5.91 Å². The number of guanidine groups is 1. The second-order valence-corrected chi connectivity index (χ2v) is 8.90. The molecule has 0 radical (unpaired) electrons. The number of aryl methyl sites for hydroxylation is 2. The summed E-state index contributed by atoms with van der Waals surface area (Å²) in [5, 5.41) is 0. The first kappa shape index (κ1) is 19.1. The zero-order valence-corrected chi connectivity index (χ0v) is 17.7. The molecule has 5 rings (SSSR count). The molecule has 2 unspecified atom stereocenters. The fourth-order valence-electron chi connectivity index (χ4n) is 5.13. The van der Waals surface area contributed by atoms with Crippen molar-refractivity contribution in [1.82, 2.24) is 4.90 Å². The predicted octanol–water partition coefficient (Wildman–Crippen LogP) is 3.28. The number of nitrogens with zero attached hydrogens (tertiary/aromatic N) is 2. The Labute approximate surface area is 176 Å². The number of amides is 1. The lowest BCUT2D eigenvalue weighted by Gasteiger charge is -2.46. The SMILES string of the molecule is Cc1cc(C)cc(-c2ccc3c(c2)C2(CC4(CCCOC4)O3)N=C(N)N(C)C2=O)c1. The minimum atomic E-state index is -1.07. The Morgan fingerprint density at radius 3 is 2.50 bits per heavy atom. The number of carbonyl (C=O) groups is 1. The van der Waals surface area contributed by atoms with Crippen molar-refractivity contribution in [1.29, 1.82) is 0 Å². The van der Waals surface area contributed by atoms with E-state index in [1.807, 2.05) is 12.1 Å². The van der Waals surface area contributed by atoms with E-state index >= 15 is 0 Å². The summed E-state index contributed by atoms with van der Waals surface area (Å²) in [6.45, 7) is 5.36. The summed E-state index contributed by atoms with van der Waals surface area (Å²) in [6, 6.07) is 12.5. The maximum atomic E-state index is 13.5. The van der Waals surface area contributed by atoms with Crippen molar-refractivity contribution in [3.05, 3.63) is 53.1 Å². The number of nitrogens with two attached hydrogens (primary N) is 1. The summed E-state index contributed by atoms with van der Waals surface area (Å²) >= 11 is 0. The molecule has 3 heterocycles. The van der Waals surface area contributed by atoms with Crippen molar-refractivity contribution in [3.8, 4) is 16.9 Å². The normalized spacial score (nSPS) is 27.9. The van der Waals surface area contributed by atoms with Gasteiger partial charge < -0.3 is 15.2 Å². The van der Waals surface area contributed by atoms with Crippen LogP contribution in [0.15, 0.2) is 41.4 Å². The molecule has 0 bridgehead atoms. The number of benzene rings is 2. The molecular formula is C24H27N3O3. The average molecular weight is 405 g/mol. The maximum absolute atomic E-state index is 13.5. The Morgan fingerprint density at radius 2 is 1.87 bits per heavy atom. The topological polar surface area (TPSA) is 77.2 Å². The van der Waals surface area contributed by atoms with E-state index in [4.69, 9.17) is 20.2 Å². The summed E-state index contributed by atoms with van der Waals surface area (Å²) in [5.41, 5.74) is 9.83. The number of likely N-dealkylation sites (N-methyl/N-ethyl adjacent to an activating group) is 1. The molecule has 1 saturated heterocycles. The number of rotatable bonds is 1. The second-order valence-electron chi connectivity index (χ2n) is 8.90. The Balaban J connectivity index is 1.69. The van der Waals surface area contributed by atoms with Crippen LogP contribution in [0.4, 0.5) is 0 Å². The van der Waals surface area contributed by atoms with Crippen LogP contribution in [0.5, 0.6) is 5.75 Å². The van der Waals surface area contributed by atoms with Crippen LogP contribution < -0.4 is 10.5 Å². The number of fused-ring (bicyclic) bond motifs is 2. The lowest BCUT2D eigenvalue weighted by atomic mass is 9.74. The summed E-state index contributed by atoms with van der Waals surface area (Å²) < 4.78 is 12.3. The van der Waals surface area contributed by atoms with Crippen molar-refractivity contribution in [3.63, 3.8) is 0 Å². The number of carbonyl (C=O) groups excluding carboxylic acids is 1. The minimum Gasteiger partial charge on any atom is -0.484 e. The van der Waals surface area contributed by atoms with E-state index in [0.717, 1.165) is 36.1 Å². The first-order valence-electron chi connectivity index (χ1n) is 10.5. The number of ether oxygens (including phenoxy) is 2. The number of aliphatic imine (C=N–C) groups is 1. The minimum absolute atomic E-state index is 0.105. The third-order valence-corrected chi connectivity index (χ3v) is 6.48. The molecule has 1 amide bonds. The van der Waals surface area contributed by atoms with Gasteiger partial charge in [-0.05, 0) is 49.9 Å². The monoisotopic (exact) mass is 405 g/mol. The van der Waals surface area contributed by atoms with Crippen LogP contribution >= 0.6 is 0 Å². The molecule has 3 aliphatic heterocycles. The molecule has 2 N–H and O–H groups in total. The fourth-order valence-corrected chi connectivity index (χ4v) is 5.13. The molecule has 0 aromatic heterocycles. The molecule has 3 aliphatic rings. The zero-order valence-electron chi connectivity index (χ0n) is 17.7.